The average Bonchev–Trinajstić information content (AvgIpc) is 3.44. The van der Waals surface area contributed by atoms with Crippen LogP contribution in [0, 0.1) is 5.82 Å². The Balaban J connectivity index is 1.48. The maximum Gasteiger partial charge on any atom is 0.127 e. The lowest BCUT2D eigenvalue weighted by molar-refractivity contribution is 0.482. The molecule has 0 amide bonds. The van der Waals surface area contributed by atoms with E-state index in [1.807, 2.05) is 54.6 Å². The Kier molecular flexibility index (Phi) is 4.76. The fourth-order valence-corrected chi connectivity index (χ4v) is 3.32. The molecule has 3 aromatic carbocycles. The van der Waals surface area contributed by atoms with Crippen LogP contribution in [0.5, 0.6) is 11.5 Å². The molecule has 0 spiro atoms. The normalized spacial score (nSPS) is 15.4. The zero-order chi connectivity index (χ0) is 18.7. The average molecular weight is 362 g/mol. The molecular formula is C24H20F2O. The van der Waals surface area contributed by atoms with Crippen molar-refractivity contribution < 1.29 is 13.5 Å². The number of allylic oxidation sites excluding steroid dienone is 2. The summed E-state index contributed by atoms with van der Waals surface area (Å²) >= 11 is 0. The van der Waals surface area contributed by atoms with Crippen LogP contribution in [-0.4, -0.2) is 0 Å². The summed E-state index contributed by atoms with van der Waals surface area (Å²) in [5, 5.41) is 0. The lowest BCUT2D eigenvalue weighted by Gasteiger charge is -2.12. The maximum absolute atomic E-state index is 14.7. The van der Waals surface area contributed by atoms with Crippen LogP contribution in [0.3, 0.4) is 0 Å². The van der Waals surface area contributed by atoms with Crippen LogP contribution in [-0.2, 0) is 11.8 Å². The Morgan fingerprint density at radius 3 is 2.30 bits per heavy atom. The third-order valence-corrected chi connectivity index (χ3v) is 4.89. The highest BCUT2D eigenvalue weighted by Gasteiger charge is 2.42. The predicted molar refractivity (Wildman–Crippen MR) is 103 cm³/mol. The molecule has 4 rings (SSSR count). The molecule has 0 atom stereocenters. The van der Waals surface area contributed by atoms with Crippen molar-refractivity contribution in [1.29, 1.82) is 0 Å². The summed E-state index contributed by atoms with van der Waals surface area (Å²) in [6.07, 6.45) is 3.70. The van der Waals surface area contributed by atoms with Gasteiger partial charge < -0.3 is 4.74 Å². The first-order valence-corrected chi connectivity index (χ1v) is 9.08. The molecular weight excluding hydrogens is 342 g/mol. The van der Waals surface area contributed by atoms with Gasteiger partial charge in [0.1, 0.15) is 23.1 Å². The molecule has 0 bridgehead atoms. The molecule has 27 heavy (non-hydrogen) atoms. The first kappa shape index (κ1) is 17.5. The molecule has 1 nitrogen and oxygen atoms in total. The second kappa shape index (κ2) is 7.36. The fourth-order valence-electron chi connectivity index (χ4n) is 3.32. The monoisotopic (exact) mass is 362 g/mol. The number of para-hydroxylation sites is 1. The van der Waals surface area contributed by atoms with Gasteiger partial charge in [0.2, 0.25) is 0 Å². The standard InChI is InChI=1S/C24H20F2O/c25-20-11-9-19(10-12-20)24(13-14-24)17-21(26)15-18-5-4-8-23(16-18)27-22-6-2-1-3-7-22/h1-12,16-17H,13-15H2/b21-17+. The molecule has 1 aliphatic carbocycles. The van der Waals surface area contributed by atoms with Crippen molar-refractivity contribution in [3.63, 3.8) is 0 Å². The van der Waals surface area contributed by atoms with Crippen molar-refractivity contribution >= 4 is 0 Å². The Hall–Kier alpha value is -2.94. The first-order valence-electron chi connectivity index (χ1n) is 9.08. The van der Waals surface area contributed by atoms with Gasteiger partial charge in [0.25, 0.3) is 0 Å². The smallest absolute Gasteiger partial charge is 0.127 e. The maximum atomic E-state index is 14.7. The van der Waals surface area contributed by atoms with Crippen LogP contribution >= 0.6 is 0 Å². The first-order chi connectivity index (χ1) is 13.1. The van der Waals surface area contributed by atoms with Gasteiger partial charge in [-0.3, -0.25) is 0 Å². The molecule has 0 heterocycles. The molecule has 0 aliphatic heterocycles. The zero-order valence-electron chi connectivity index (χ0n) is 14.9. The number of hydrogen-bond acceptors (Lipinski definition) is 1. The lowest BCUT2D eigenvalue weighted by atomic mass is 9.94. The summed E-state index contributed by atoms with van der Waals surface area (Å²) in [4.78, 5) is 0. The van der Waals surface area contributed by atoms with E-state index < -0.39 is 0 Å². The van der Waals surface area contributed by atoms with E-state index in [0.717, 1.165) is 29.7 Å². The van der Waals surface area contributed by atoms with Crippen molar-refractivity contribution in [3.8, 4) is 11.5 Å². The third kappa shape index (κ3) is 4.25. The summed E-state index contributed by atoms with van der Waals surface area (Å²) in [6.45, 7) is 0. The van der Waals surface area contributed by atoms with Gasteiger partial charge in [0.05, 0.1) is 0 Å². The quantitative estimate of drug-likeness (QED) is 0.471. The van der Waals surface area contributed by atoms with Crippen LogP contribution < -0.4 is 4.74 Å². The van der Waals surface area contributed by atoms with E-state index in [1.165, 1.54) is 12.1 Å². The number of hydrogen-bond donors (Lipinski definition) is 0. The second-order valence-electron chi connectivity index (χ2n) is 6.99. The molecule has 0 N–H and O–H groups in total. The summed E-state index contributed by atoms with van der Waals surface area (Å²) in [6, 6.07) is 23.4. The van der Waals surface area contributed by atoms with E-state index >= 15 is 0 Å². The fraction of sp³-hybridized carbons (Fsp3) is 0.167. The molecule has 0 aromatic heterocycles. The highest BCUT2D eigenvalue weighted by Crippen LogP contribution is 2.50. The largest absolute Gasteiger partial charge is 0.457 e. The minimum atomic E-state index is -0.282. The van der Waals surface area contributed by atoms with Gasteiger partial charge in [-0.05, 0) is 66.4 Å². The molecule has 0 radical (unpaired) electrons. The van der Waals surface area contributed by atoms with Gasteiger partial charge in [0, 0.05) is 11.8 Å². The number of ether oxygens (including phenoxy) is 1. The number of halogens is 2. The van der Waals surface area contributed by atoms with Gasteiger partial charge in [-0.25, -0.2) is 8.78 Å². The van der Waals surface area contributed by atoms with Crippen molar-refractivity contribution in [2.45, 2.75) is 24.7 Å². The van der Waals surface area contributed by atoms with Gasteiger partial charge >= 0.3 is 0 Å². The highest BCUT2D eigenvalue weighted by atomic mass is 19.1. The molecule has 136 valence electrons. The van der Waals surface area contributed by atoms with Crippen LogP contribution in [0.25, 0.3) is 0 Å². The third-order valence-electron chi connectivity index (χ3n) is 4.89. The van der Waals surface area contributed by atoms with Crippen molar-refractivity contribution in [2.75, 3.05) is 0 Å². The van der Waals surface area contributed by atoms with Crippen LogP contribution in [0.1, 0.15) is 24.0 Å². The summed E-state index contributed by atoms with van der Waals surface area (Å²) in [7, 11) is 0. The molecule has 1 fully saturated rings. The Morgan fingerprint density at radius 2 is 1.59 bits per heavy atom. The van der Waals surface area contributed by atoms with Crippen LogP contribution in [0.4, 0.5) is 8.78 Å². The second-order valence-corrected chi connectivity index (χ2v) is 6.99. The Labute approximate surface area is 157 Å². The molecule has 0 unspecified atom stereocenters. The van der Waals surface area contributed by atoms with E-state index in [4.69, 9.17) is 4.74 Å². The minimum Gasteiger partial charge on any atom is -0.457 e. The topological polar surface area (TPSA) is 9.23 Å². The lowest BCUT2D eigenvalue weighted by Crippen LogP contribution is -2.04. The van der Waals surface area contributed by atoms with Crippen molar-refractivity contribution in [3.05, 3.63) is 108 Å². The minimum absolute atomic E-state index is 0.173. The summed E-state index contributed by atoms with van der Waals surface area (Å²) < 4.78 is 33.6. The van der Waals surface area contributed by atoms with Crippen LogP contribution in [0.2, 0.25) is 0 Å². The molecule has 3 aromatic rings. The molecule has 1 saturated carbocycles. The van der Waals surface area contributed by atoms with Crippen molar-refractivity contribution in [1.82, 2.24) is 0 Å². The SMILES string of the molecule is F/C(=C/C1(c2ccc(F)cc2)CC1)Cc1cccc(Oc2ccccc2)c1. The Bertz CT molecular complexity index is 942. The van der Waals surface area contributed by atoms with E-state index in [0.29, 0.717) is 5.75 Å². The highest BCUT2D eigenvalue weighted by molar-refractivity contribution is 5.40. The van der Waals surface area contributed by atoms with Gasteiger partial charge in [-0.2, -0.15) is 0 Å². The summed E-state index contributed by atoms with van der Waals surface area (Å²) in [5.41, 5.74) is 1.54. The van der Waals surface area contributed by atoms with E-state index in [-0.39, 0.29) is 23.5 Å². The summed E-state index contributed by atoms with van der Waals surface area (Å²) in [5.74, 6) is 0.994. The van der Waals surface area contributed by atoms with Gasteiger partial charge in [-0.1, -0.05) is 42.5 Å². The van der Waals surface area contributed by atoms with Gasteiger partial charge in [0.15, 0.2) is 0 Å². The zero-order valence-corrected chi connectivity index (χ0v) is 14.9. The molecule has 3 heteroatoms. The van der Waals surface area contributed by atoms with Crippen LogP contribution in [0.15, 0.2) is 90.8 Å². The van der Waals surface area contributed by atoms with E-state index in [9.17, 15) is 8.78 Å². The number of rotatable bonds is 6. The van der Waals surface area contributed by atoms with Crippen molar-refractivity contribution in [2.24, 2.45) is 0 Å². The Morgan fingerprint density at radius 1 is 0.889 bits per heavy atom. The molecule has 1 aliphatic rings. The van der Waals surface area contributed by atoms with E-state index in [1.54, 1.807) is 18.2 Å². The number of benzene rings is 3. The van der Waals surface area contributed by atoms with Gasteiger partial charge in [-0.15, -0.1) is 0 Å². The predicted octanol–water partition coefficient (Wildman–Crippen LogP) is 6.75. The molecule has 0 saturated heterocycles. The van der Waals surface area contributed by atoms with E-state index in [2.05, 4.69) is 0 Å².